The van der Waals surface area contributed by atoms with Crippen LogP contribution in [0.25, 0.3) is 0 Å². The van der Waals surface area contributed by atoms with Gasteiger partial charge in [0.05, 0.1) is 30.7 Å². The summed E-state index contributed by atoms with van der Waals surface area (Å²) < 4.78 is 41.3. The molecule has 2 fully saturated rings. The molecular weight excluding hydrogens is 456 g/mol. The number of benzene rings is 1. The Morgan fingerprint density at radius 2 is 1.76 bits per heavy atom. The lowest BCUT2D eigenvalue weighted by Crippen LogP contribution is -2.52. The number of likely N-dealkylation sites (tertiary alicyclic amines) is 1. The van der Waals surface area contributed by atoms with E-state index in [4.69, 9.17) is 9.47 Å². The minimum absolute atomic E-state index is 0.0636. The maximum Gasteiger partial charge on any atom is 0.243 e. The van der Waals surface area contributed by atoms with Crippen LogP contribution >= 0.6 is 0 Å². The van der Waals surface area contributed by atoms with Crippen molar-refractivity contribution in [2.75, 3.05) is 52.5 Å². The lowest BCUT2D eigenvalue weighted by atomic mass is 10.1. The van der Waals surface area contributed by atoms with Gasteiger partial charge in [-0.3, -0.25) is 9.69 Å². The smallest absolute Gasteiger partial charge is 0.243 e. The van der Waals surface area contributed by atoms with Crippen molar-refractivity contribution in [2.24, 2.45) is 7.05 Å². The zero-order valence-electron chi connectivity index (χ0n) is 19.6. The Hall–Kier alpha value is -2.56. The average molecular weight is 489 g/mol. The number of sulfonamides is 1. The first kappa shape index (κ1) is 23.2. The van der Waals surface area contributed by atoms with Gasteiger partial charge >= 0.3 is 0 Å². The van der Waals surface area contributed by atoms with Crippen LogP contribution in [0, 0.1) is 0 Å². The van der Waals surface area contributed by atoms with Gasteiger partial charge in [-0.25, -0.2) is 8.42 Å². The normalized spacial score (nSPS) is 22.0. The van der Waals surface area contributed by atoms with Crippen LogP contribution in [0.4, 0.5) is 0 Å². The van der Waals surface area contributed by atoms with Crippen LogP contribution in [0.5, 0.6) is 11.5 Å². The molecule has 9 nitrogen and oxygen atoms in total. The fourth-order valence-corrected chi connectivity index (χ4v) is 6.51. The summed E-state index contributed by atoms with van der Waals surface area (Å²) in [4.78, 5) is 17.3. The monoisotopic (exact) mass is 488 g/mol. The maximum absolute atomic E-state index is 13.2. The van der Waals surface area contributed by atoms with E-state index in [1.54, 1.807) is 23.1 Å². The third-order valence-electron chi connectivity index (χ3n) is 6.98. The van der Waals surface area contributed by atoms with Gasteiger partial charge in [0.1, 0.15) is 0 Å². The highest BCUT2D eigenvalue weighted by Gasteiger charge is 2.34. The van der Waals surface area contributed by atoms with Crippen LogP contribution in [0.1, 0.15) is 31.0 Å². The van der Waals surface area contributed by atoms with Gasteiger partial charge in [-0.2, -0.15) is 4.31 Å². The van der Waals surface area contributed by atoms with E-state index in [9.17, 15) is 13.2 Å². The van der Waals surface area contributed by atoms with Gasteiger partial charge in [-0.15, -0.1) is 0 Å². The molecule has 184 valence electrons. The second-order valence-electron chi connectivity index (χ2n) is 9.12. The Morgan fingerprint density at radius 1 is 1.00 bits per heavy atom. The summed E-state index contributed by atoms with van der Waals surface area (Å²) in [5.74, 6) is 1.10. The summed E-state index contributed by atoms with van der Waals surface area (Å²) in [5, 5.41) is 0. The van der Waals surface area contributed by atoms with Crippen molar-refractivity contribution >= 4 is 15.9 Å². The van der Waals surface area contributed by atoms with E-state index < -0.39 is 10.0 Å². The number of piperazine rings is 1. The van der Waals surface area contributed by atoms with Crippen molar-refractivity contribution in [2.45, 2.75) is 30.2 Å². The Morgan fingerprint density at radius 3 is 2.50 bits per heavy atom. The van der Waals surface area contributed by atoms with Crippen LogP contribution in [0.3, 0.4) is 0 Å². The summed E-state index contributed by atoms with van der Waals surface area (Å²) in [6.45, 7) is 3.67. The van der Waals surface area contributed by atoms with Crippen LogP contribution < -0.4 is 9.47 Å². The molecule has 0 saturated carbocycles. The van der Waals surface area contributed by atoms with Crippen LogP contribution in [-0.2, 0) is 21.9 Å². The first-order valence-electron chi connectivity index (χ1n) is 12.0. The van der Waals surface area contributed by atoms with Crippen LogP contribution in [0.2, 0.25) is 0 Å². The van der Waals surface area contributed by atoms with Gasteiger partial charge in [-0.1, -0.05) is 0 Å². The molecule has 0 bridgehead atoms. The van der Waals surface area contributed by atoms with E-state index in [1.165, 1.54) is 10.00 Å². The minimum Gasteiger partial charge on any atom is -0.490 e. The third kappa shape index (κ3) is 4.54. The molecule has 0 aliphatic carbocycles. The number of hydrogen-bond acceptors (Lipinski definition) is 6. The molecule has 2 aromatic rings. The summed E-state index contributed by atoms with van der Waals surface area (Å²) in [6.07, 6.45) is 4.92. The lowest BCUT2D eigenvalue weighted by Gasteiger charge is -2.35. The molecule has 2 saturated heterocycles. The predicted octanol–water partition coefficient (Wildman–Crippen LogP) is 1.86. The van der Waals surface area contributed by atoms with Gasteiger partial charge in [0, 0.05) is 57.6 Å². The highest BCUT2D eigenvalue weighted by atomic mass is 32.2. The van der Waals surface area contributed by atoms with Gasteiger partial charge in [-0.05, 0) is 43.7 Å². The zero-order chi connectivity index (χ0) is 23.7. The number of rotatable bonds is 5. The maximum atomic E-state index is 13.2. The van der Waals surface area contributed by atoms with Crippen molar-refractivity contribution in [3.8, 4) is 11.5 Å². The highest BCUT2D eigenvalue weighted by molar-refractivity contribution is 7.89. The molecule has 3 aliphatic rings. The number of amides is 1. The van der Waals surface area contributed by atoms with Crippen molar-refractivity contribution < 1.29 is 22.7 Å². The van der Waals surface area contributed by atoms with Gasteiger partial charge in [0.15, 0.2) is 11.5 Å². The molecule has 34 heavy (non-hydrogen) atoms. The first-order valence-corrected chi connectivity index (χ1v) is 13.4. The second-order valence-corrected chi connectivity index (χ2v) is 11.1. The fraction of sp³-hybridized carbons (Fsp3) is 0.542. The van der Waals surface area contributed by atoms with E-state index in [0.717, 1.165) is 25.8 Å². The quantitative estimate of drug-likeness (QED) is 0.639. The summed E-state index contributed by atoms with van der Waals surface area (Å²) in [6, 6.07) is 9.19. The molecule has 1 amide bonds. The number of carbonyl (C=O) groups excluding carboxylic acids is 1. The van der Waals surface area contributed by atoms with Crippen LogP contribution in [0.15, 0.2) is 41.4 Å². The molecular formula is C24H32N4O5S. The molecule has 0 N–H and O–H groups in total. The number of aromatic nitrogens is 1. The van der Waals surface area contributed by atoms with E-state index >= 15 is 0 Å². The van der Waals surface area contributed by atoms with E-state index in [-0.39, 0.29) is 29.9 Å². The Balaban J connectivity index is 1.20. The van der Waals surface area contributed by atoms with Crippen molar-refractivity contribution in [3.05, 3.63) is 42.2 Å². The van der Waals surface area contributed by atoms with E-state index in [2.05, 4.69) is 15.5 Å². The summed E-state index contributed by atoms with van der Waals surface area (Å²) in [7, 11) is -1.64. The molecule has 5 rings (SSSR count). The summed E-state index contributed by atoms with van der Waals surface area (Å²) in [5.41, 5.74) is 1.23. The average Bonchev–Trinajstić information content (AvgIpc) is 3.39. The predicted molar refractivity (Wildman–Crippen MR) is 126 cm³/mol. The van der Waals surface area contributed by atoms with Gasteiger partial charge < -0.3 is 18.9 Å². The Labute approximate surface area is 200 Å². The van der Waals surface area contributed by atoms with Crippen molar-refractivity contribution in [1.82, 2.24) is 18.7 Å². The lowest BCUT2D eigenvalue weighted by molar-refractivity contribution is -0.133. The zero-order valence-corrected chi connectivity index (χ0v) is 20.4. The molecule has 1 unspecified atom stereocenters. The highest BCUT2D eigenvalue weighted by Crippen LogP contribution is 2.34. The summed E-state index contributed by atoms with van der Waals surface area (Å²) >= 11 is 0. The molecule has 0 radical (unpaired) electrons. The van der Waals surface area contributed by atoms with Gasteiger partial charge in [0.25, 0.3) is 0 Å². The molecule has 1 aromatic heterocycles. The Kier molecular flexibility index (Phi) is 6.54. The molecule has 0 spiro atoms. The number of aryl methyl sites for hydroxylation is 1. The molecule has 10 heteroatoms. The molecule has 1 atom stereocenters. The molecule has 4 heterocycles. The number of fused-ring (bicyclic) bond motifs is 1. The number of hydrogen-bond donors (Lipinski definition) is 0. The Bertz CT molecular complexity index is 1140. The number of ether oxygens (including phenoxy) is 2. The standard InChI is InChI=1S/C24H32N4O5S/c1-25-9-2-5-20(25)21-6-3-10-27(21)18-24(29)26-11-13-28(14-12-26)34(30,31)19-7-8-22-23(17-19)33-16-4-15-32-22/h2,5,7-9,17,21H,3-4,6,10-16,18H2,1H3. The second kappa shape index (κ2) is 9.59. The third-order valence-corrected chi connectivity index (χ3v) is 8.87. The SMILES string of the molecule is Cn1cccc1C1CCCN1CC(=O)N1CCN(S(=O)(=O)c2ccc3c(c2)OCCCO3)CC1. The van der Waals surface area contributed by atoms with Crippen molar-refractivity contribution in [1.29, 1.82) is 0 Å². The minimum atomic E-state index is -3.68. The van der Waals surface area contributed by atoms with Crippen LogP contribution in [-0.4, -0.2) is 85.5 Å². The largest absolute Gasteiger partial charge is 0.490 e. The van der Waals surface area contributed by atoms with Gasteiger partial charge in [0.2, 0.25) is 15.9 Å². The topological polar surface area (TPSA) is 84.3 Å². The van der Waals surface area contributed by atoms with E-state index in [0.29, 0.717) is 44.3 Å². The van der Waals surface area contributed by atoms with Crippen molar-refractivity contribution in [3.63, 3.8) is 0 Å². The number of nitrogens with zero attached hydrogens (tertiary/aromatic N) is 4. The molecule has 3 aliphatic heterocycles. The first-order chi connectivity index (χ1) is 16.4. The van der Waals surface area contributed by atoms with E-state index in [1.807, 2.05) is 19.3 Å². The molecule has 1 aromatic carbocycles. The number of carbonyl (C=O) groups is 1. The fourth-order valence-electron chi connectivity index (χ4n) is 5.08.